The number of carbonyl (C=O) groups is 3. The second-order valence-corrected chi connectivity index (χ2v) is 4.16. The third-order valence-corrected chi connectivity index (χ3v) is 2.85. The molecule has 1 aliphatic heterocycles. The van der Waals surface area contributed by atoms with E-state index in [4.69, 9.17) is 5.11 Å². The predicted molar refractivity (Wildman–Crippen MR) is 60.1 cm³/mol. The third-order valence-electron chi connectivity index (χ3n) is 2.85. The number of Topliss-reactive ketones (excluding diaryl/α,β-unsaturated/α-hetero) is 1. The Hall–Kier alpha value is -2.24. The number of aryl methyl sites for hydroxylation is 1. The van der Waals surface area contributed by atoms with E-state index in [-0.39, 0.29) is 11.3 Å². The van der Waals surface area contributed by atoms with Crippen LogP contribution in [0.1, 0.15) is 22.8 Å². The average Bonchev–Trinajstić information content (AvgIpc) is 2.52. The van der Waals surface area contributed by atoms with Gasteiger partial charge in [-0.15, -0.1) is 0 Å². The molecule has 1 unspecified atom stereocenters. The third kappa shape index (κ3) is 1.57. The van der Waals surface area contributed by atoms with E-state index in [1.165, 1.54) is 13.0 Å². The molecule has 1 N–H and O–H groups in total. The number of nitrogens with zero attached hydrogens (tertiary/aromatic N) is 1. The summed E-state index contributed by atoms with van der Waals surface area (Å²) >= 11 is 0. The Labute approximate surface area is 102 Å². The molecule has 1 atom stereocenters. The van der Waals surface area contributed by atoms with Gasteiger partial charge < -0.3 is 5.11 Å². The summed E-state index contributed by atoms with van der Waals surface area (Å²) < 4.78 is 13.8. The van der Waals surface area contributed by atoms with Gasteiger partial charge in [-0.05, 0) is 31.5 Å². The smallest absolute Gasteiger partial charge is 0.326 e. The minimum Gasteiger partial charge on any atom is -0.480 e. The van der Waals surface area contributed by atoms with E-state index in [1.807, 2.05) is 0 Å². The van der Waals surface area contributed by atoms with E-state index in [1.54, 1.807) is 6.92 Å². The summed E-state index contributed by atoms with van der Waals surface area (Å²) in [7, 11) is 0. The van der Waals surface area contributed by atoms with E-state index >= 15 is 0 Å². The van der Waals surface area contributed by atoms with Crippen LogP contribution in [-0.4, -0.2) is 28.8 Å². The van der Waals surface area contributed by atoms with Crippen LogP contribution < -0.4 is 4.90 Å². The molecule has 94 valence electrons. The van der Waals surface area contributed by atoms with Crippen LogP contribution in [0.4, 0.5) is 10.1 Å². The average molecular weight is 251 g/mol. The first kappa shape index (κ1) is 12.2. The van der Waals surface area contributed by atoms with Crippen molar-refractivity contribution in [2.75, 3.05) is 4.90 Å². The number of ketones is 1. The predicted octanol–water partition coefficient (Wildman–Crippen LogP) is 1.14. The van der Waals surface area contributed by atoms with E-state index in [2.05, 4.69) is 0 Å². The lowest BCUT2D eigenvalue weighted by Gasteiger charge is -2.21. The van der Waals surface area contributed by atoms with Crippen LogP contribution in [0.15, 0.2) is 12.1 Å². The van der Waals surface area contributed by atoms with E-state index in [0.717, 1.165) is 6.07 Å². The Morgan fingerprint density at radius 1 is 1.39 bits per heavy atom. The highest BCUT2D eigenvalue weighted by molar-refractivity contribution is 6.52. The number of rotatable bonds is 2. The van der Waals surface area contributed by atoms with Crippen LogP contribution in [0.25, 0.3) is 0 Å². The van der Waals surface area contributed by atoms with Crippen molar-refractivity contribution in [1.82, 2.24) is 0 Å². The summed E-state index contributed by atoms with van der Waals surface area (Å²) in [6.45, 7) is 2.81. The molecule has 18 heavy (non-hydrogen) atoms. The van der Waals surface area contributed by atoms with Gasteiger partial charge in [0, 0.05) is 0 Å². The molecule has 1 heterocycles. The molecule has 0 radical (unpaired) electrons. The molecular formula is C12H10FNO4. The second kappa shape index (κ2) is 3.90. The Kier molecular flexibility index (Phi) is 2.65. The molecular weight excluding hydrogens is 241 g/mol. The molecule has 1 amide bonds. The highest BCUT2D eigenvalue weighted by Crippen LogP contribution is 2.34. The van der Waals surface area contributed by atoms with Gasteiger partial charge in [-0.25, -0.2) is 9.18 Å². The van der Waals surface area contributed by atoms with Crippen molar-refractivity contribution in [3.63, 3.8) is 0 Å². The summed E-state index contributed by atoms with van der Waals surface area (Å²) in [5.74, 6) is -3.95. The minimum atomic E-state index is -1.30. The SMILES string of the molecule is Cc1cc(F)c2c(c1)C(=O)C(=O)N2C(C)C(=O)O. The van der Waals surface area contributed by atoms with Crippen LogP contribution in [-0.2, 0) is 9.59 Å². The summed E-state index contributed by atoms with van der Waals surface area (Å²) in [5, 5.41) is 8.89. The Morgan fingerprint density at radius 3 is 2.56 bits per heavy atom. The molecule has 0 saturated heterocycles. The number of hydrogen-bond acceptors (Lipinski definition) is 3. The van der Waals surface area contributed by atoms with Crippen LogP contribution in [0.5, 0.6) is 0 Å². The van der Waals surface area contributed by atoms with Crippen molar-refractivity contribution >= 4 is 23.3 Å². The number of benzene rings is 1. The topological polar surface area (TPSA) is 74.7 Å². The number of carbonyl (C=O) groups excluding carboxylic acids is 2. The van der Waals surface area contributed by atoms with Crippen molar-refractivity contribution in [3.05, 3.63) is 29.1 Å². The molecule has 0 fully saturated rings. The van der Waals surface area contributed by atoms with Gasteiger partial charge in [-0.1, -0.05) is 0 Å². The lowest BCUT2D eigenvalue weighted by Crippen LogP contribution is -2.42. The Bertz CT molecular complexity index is 582. The minimum absolute atomic E-state index is 0.0781. The first-order valence-corrected chi connectivity index (χ1v) is 5.25. The fraction of sp³-hybridized carbons (Fsp3) is 0.250. The molecule has 2 rings (SSSR count). The standard InChI is InChI=1S/C12H10FNO4/c1-5-3-7-9(8(13)4-5)14(6(2)12(17)18)11(16)10(7)15/h3-4,6H,1-2H3,(H,17,18). The second-order valence-electron chi connectivity index (χ2n) is 4.16. The Balaban J connectivity index is 2.65. The fourth-order valence-corrected chi connectivity index (χ4v) is 1.96. The van der Waals surface area contributed by atoms with Crippen LogP contribution in [0.2, 0.25) is 0 Å². The highest BCUT2D eigenvalue weighted by atomic mass is 19.1. The highest BCUT2D eigenvalue weighted by Gasteiger charge is 2.42. The zero-order chi connectivity index (χ0) is 13.6. The van der Waals surface area contributed by atoms with Gasteiger partial charge >= 0.3 is 5.97 Å². The number of aliphatic carboxylic acids is 1. The van der Waals surface area contributed by atoms with Gasteiger partial charge in [0.2, 0.25) is 0 Å². The van der Waals surface area contributed by atoms with Gasteiger partial charge in [0.15, 0.2) is 0 Å². The van der Waals surface area contributed by atoms with Crippen LogP contribution in [0.3, 0.4) is 0 Å². The summed E-state index contributed by atoms with van der Waals surface area (Å²) in [6.07, 6.45) is 0. The molecule has 6 heteroatoms. The van der Waals surface area contributed by atoms with Gasteiger partial charge in [0.1, 0.15) is 11.9 Å². The van der Waals surface area contributed by atoms with Crippen LogP contribution in [0, 0.1) is 12.7 Å². The fourth-order valence-electron chi connectivity index (χ4n) is 1.96. The molecule has 0 bridgehead atoms. The number of carboxylic acid groups (broad SMARTS) is 1. The number of anilines is 1. The van der Waals surface area contributed by atoms with Gasteiger partial charge in [0.25, 0.3) is 11.7 Å². The maximum atomic E-state index is 13.8. The number of carboxylic acids is 1. The number of amides is 1. The number of fused-ring (bicyclic) bond motifs is 1. The van der Waals surface area contributed by atoms with E-state index in [9.17, 15) is 18.8 Å². The molecule has 5 nitrogen and oxygen atoms in total. The first-order chi connectivity index (χ1) is 8.34. The monoisotopic (exact) mass is 251 g/mol. The zero-order valence-corrected chi connectivity index (χ0v) is 9.73. The molecule has 0 aliphatic carbocycles. The van der Waals surface area contributed by atoms with Gasteiger partial charge in [-0.3, -0.25) is 14.5 Å². The normalized spacial score (nSPS) is 15.8. The van der Waals surface area contributed by atoms with E-state index in [0.29, 0.717) is 10.5 Å². The molecule has 1 aromatic carbocycles. The molecule has 1 aromatic rings. The van der Waals surface area contributed by atoms with Gasteiger partial charge in [-0.2, -0.15) is 0 Å². The largest absolute Gasteiger partial charge is 0.480 e. The Morgan fingerprint density at radius 2 is 2.00 bits per heavy atom. The lowest BCUT2D eigenvalue weighted by molar-refractivity contribution is -0.139. The van der Waals surface area contributed by atoms with E-state index < -0.39 is 29.5 Å². The van der Waals surface area contributed by atoms with Crippen molar-refractivity contribution in [2.45, 2.75) is 19.9 Å². The van der Waals surface area contributed by atoms with Crippen molar-refractivity contribution in [3.8, 4) is 0 Å². The molecule has 0 saturated carbocycles. The lowest BCUT2D eigenvalue weighted by atomic mass is 10.1. The maximum Gasteiger partial charge on any atom is 0.326 e. The summed E-state index contributed by atoms with van der Waals surface area (Å²) in [6, 6.07) is 1.25. The number of halogens is 1. The summed E-state index contributed by atoms with van der Waals surface area (Å²) in [5.41, 5.74) is 0.174. The molecule has 0 aromatic heterocycles. The zero-order valence-electron chi connectivity index (χ0n) is 9.73. The quantitative estimate of drug-likeness (QED) is 0.800. The van der Waals surface area contributed by atoms with Crippen molar-refractivity contribution in [1.29, 1.82) is 0 Å². The van der Waals surface area contributed by atoms with Gasteiger partial charge in [0.05, 0.1) is 11.3 Å². The van der Waals surface area contributed by atoms with Crippen molar-refractivity contribution in [2.24, 2.45) is 0 Å². The van der Waals surface area contributed by atoms with Crippen LogP contribution >= 0.6 is 0 Å². The summed E-state index contributed by atoms with van der Waals surface area (Å²) in [4.78, 5) is 35.0. The number of hydrogen-bond donors (Lipinski definition) is 1. The first-order valence-electron chi connectivity index (χ1n) is 5.25. The maximum absolute atomic E-state index is 13.8. The molecule has 0 spiro atoms. The van der Waals surface area contributed by atoms with Crippen molar-refractivity contribution < 1.29 is 23.9 Å². The molecule has 1 aliphatic rings.